The van der Waals surface area contributed by atoms with Gasteiger partial charge in [0.05, 0.1) is 5.69 Å². The van der Waals surface area contributed by atoms with E-state index in [1.807, 2.05) is 12.1 Å². The Morgan fingerprint density at radius 3 is 2.55 bits per heavy atom. The van der Waals surface area contributed by atoms with Crippen molar-refractivity contribution in [2.45, 2.75) is 45.6 Å². The van der Waals surface area contributed by atoms with Crippen molar-refractivity contribution in [1.29, 1.82) is 0 Å². The third-order valence-corrected chi connectivity index (χ3v) is 4.85. The molecule has 0 atom stereocenters. The van der Waals surface area contributed by atoms with Gasteiger partial charge in [-0.3, -0.25) is 9.78 Å². The van der Waals surface area contributed by atoms with Crippen molar-refractivity contribution in [3.8, 4) is 0 Å². The second-order valence-corrected chi connectivity index (χ2v) is 8.49. The maximum atomic E-state index is 12.5. The summed E-state index contributed by atoms with van der Waals surface area (Å²) in [6, 6.07) is 5.96. The van der Waals surface area contributed by atoms with E-state index in [0.717, 1.165) is 23.9 Å². The van der Waals surface area contributed by atoms with E-state index >= 15 is 0 Å². The van der Waals surface area contributed by atoms with Gasteiger partial charge in [0.1, 0.15) is 12.1 Å². The molecule has 1 aromatic heterocycles. The molecule has 29 heavy (non-hydrogen) atoms. The first-order valence-corrected chi connectivity index (χ1v) is 10.1. The van der Waals surface area contributed by atoms with Gasteiger partial charge in [-0.2, -0.15) is 0 Å². The Morgan fingerprint density at radius 1 is 1.14 bits per heavy atom. The molecule has 0 unspecified atom stereocenters. The average Bonchev–Trinajstić information content (AvgIpc) is 2.67. The van der Waals surface area contributed by atoms with E-state index in [9.17, 15) is 9.59 Å². The number of nitrogens with zero attached hydrogens (tertiary/aromatic N) is 3. The van der Waals surface area contributed by atoms with E-state index in [-0.39, 0.29) is 12.5 Å². The first kappa shape index (κ1) is 20.9. The Kier molecular flexibility index (Phi) is 6.25. The number of aromatic nitrogens is 1. The SMILES string of the molecule is CN(CC(=O)Nc1ccc(N2CCCCC2)c2ccncc12)C(=O)OC(C)(C)C. The van der Waals surface area contributed by atoms with Crippen LogP contribution in [0.25, 0.3) is 10.8 Å². The van der Waals surface area contributed by atoms with Crippen molar-refractivity contribution in [2.75, 3.05) is 36.9 Å². The molecule has 7 nitrogen and oxygen atoms in total. The van der Waals surface area contributed by atoms with Gasteiger partial charge in [0.25, 0.3) is 0 Å². The van der Waals surface area contributed by atoms with Crippen LogP contribution in [0.3, 0.4) is 0 Å². The fraction of sp³-hybridized carbons (Fsp3) is 0.500. The van der Waals surface area contributed by atoms with Gasteiger partial charge in [-0.1, -0.05) is 0 Å². The van der Waals surface area contributed by atoms with E-state index in [4.69, 9.17) is 4.74 Å². The summed E-state index contributed by atoms with van der Waals surface area (Å²) in [5, 5.41) is 4.88. The molecule has 2 heterocycles. The van der Waals surface area contributed by atoms with Crippen molar-refractivity contribution in [2.24, 2.45) is 0 Å². The van der Waals surface area contributed by atoms with Crippen LogP contribution in [0.2, 0.25) is 0 Å². The number of benzene rings is 1. The summed E-state index contributed by atoms with van der Waals surface area (Å²) >= 11 is 0. The molecule has 1 aliphatic rings. The number of rotatable bonds is 4. The van der Waals surface area contributed by atoms with Crippen LogP contribution in [-0.4, -0.2) is 54.2 Å². The Labute approximate surface area is 172 Å². The zero-order valence-electron chi connectivity index (χ0n) is 17.7. The van der Waals surface area contributed by atoms with Gasteiger partial charge in [-0.15, -0.1) is 0 Å². The maximum absolute atomic E-state index is 12.5. The third kappa shape index (κ3) is 5.37. The number of hydrogen-bond acceptors (Lipinski definition) is 5. The Morgan fingerprint density at radius 2 is 1.86 bits per heavy atom. The van der Waals surface area contributed by atoms with E-state index in [1.54, 1.807) is 40.2 Å². The minimum absolute atomic E-state index is 0.0927. The normalized spacial score (nSPS) is 14.6. The second-order valence-electron chi connectivity index (χ2n) is 8.49. The van der Waals surface area contributed by atoms with Crippen molar-refractivity contribution in [3.05, 3.63) is 30.6 Å². The van der Waals surface area contributed by atoms with Gasteiger partial charge in [0, 0.05) is 49.0 Å². The quantitative estimate of drug-likeness (QED) is 0.842. The first-order valence-electron chi connectivity index (χ1n) is 10.1. The summed E-state index contributed by atoms with van der Waals surface area (Å²) in [5.41, 5.74) is 1.26. The molecule has 0 bridgehead atoms. The Hall–Kier alpha value is -2.83. The fourth-order valence-electron chi connectivity index (χ4n) is 3.50. The van der Waals surface area contributed by atoms with Gasteiger partial charge in [0.15, 0.2) is 0 Å². The van der Waals surface area contributed by atoms with Gasteiger partial charge in [0.2, 0.25) is 5.91 Å². The summed E-state index contributed by atoms with van der Waals surface area (Å²) in [4.78, 5) is 32.5. The summed E-state index contributed by atoms with van der Waals surface area (Å²) < 4.78 is 5.30. The lowest BCUT2D eigenvalue weighted by molar-refractivity contribution is -0.117. The van der Waals surface area contributed by atoms with Crippen LogP contribution in [0.1, 0.15) is 40.0 Å². The molecule has 0 spiro atoms. The summed E-state index contributed by atoms with van der Waals surface area (Å²) in [6.07, 6.45) is 6.69. The number of nitrogens with one attached hydrogen (secondary N) is 1. The number of pyridine rings is 1. The molecule has 0 radical (unpaired) electrons. The molecule has 1 fully saturated rings. The molecular weight excluding hydrogens is 368 g/mol. The number of hydrogen-bond donors (Lipinski definition) is 1. The molecule has 1 aromatic carbocycles. The average molecular weight is 399 g/mol. The molecule has 2 amide bonds. The molecule has 0 aliphatic carbocycles. The molecule has 0 saturated carbocycles. The summed E-state index contributed by atoms with van der Waals surface area (Å²) in [7, 11) is 1.55. The molecule has 1 saturated heterocycles. The summed E-state index contributed by atoms with van der Waals surface area (Å²) in [5.74, 6) is -0.283. The first-order chi connectivity index (χ1) is 13.7. The molecule has 7 heteroatoms. The lowest BCUT2D eigenvalue weighted by Crippen LogP contribution is -2.38. The molecule has 3 rings (SSSR count). The number of carbonyl (C=O) groups is 2. The van der Waals surface area contributed by atoms with Crippen LogP contribution in [0.15, 0.2) is 30.6 Å². The third-order valence-electron chi connectivity index (χ3n) is 4.85. The second kappa shape index (κ2) is 8.68. The topological polar surface area (TPSA) is 74.8 Å². The van der Waals surface area contributed by atoms with Crippen molar-refractivity contribution < 1.29 is 14.3 Å². The minimum atomic E-state index is -0.603. The predicted octanol–water partition coefficient (Wildman–Crippen LogP) is 4.03. The van der Waals surface area contributed by atoms with E-state index in [1.165, 1.54) is 29.8 Å². The van der Waals surface area contributed by atoms with Crippen LogP contribution in [0, 0.1) is 0 Å². The number of anilines is 2. The largest absolute Gasteiger partial charge is 0.444 e. The highest BCUT2D eigenvalue weighted by atomic mass is 16.6. The van der Waals surface area contributed by atoms with Crippen LogP contribution in [0.4, 0.5) is 16.2 Å². The standard InChI is InChI=1S/C22H30N4O3/c1-22(2,3)29-21(28)25(4)15-20(27)24-18-8-9-19(26-12-6-5-7-13-26)16-10-11-23-14-17(16)18/h8-11,14H,5-7,12-13,15H2,1-4H3,(H,24,27). The van der Waals surface area contributed by atoms with E-state index < -0.39 is 11.7 Å². The number of piperidine rings is 1. The highest BCUT2D eigenvalue weighted by Gasteiger charge is 2.22. The van der Waals surface area contributed by atoms with Crippen LogP contribution in [-0.2, 0) is 9.53 Å². The zero-order valence-corrected chi connectivity index (χ0v) is 17.7. The molecule has 1 aliphatic heterocycles. The smallest absolute Gasteiger partial charge is 0.410 e. The Bertz CT molecular complexity index is 885. The highest BCUT2D eigenvalue weighted by molar-refractivity contribution is 6.07. The molecule has 156 valence electrons. The van der Waals surface area contributed by atoms with Crippen molar-refractivity contribution in [1.82, 2.24) is 9.88 Å². The molecular formula is C22H30N4O3. The number of amides is 2. The lowest BCUT2D eigenvalue weighted by atomic mass is 10.1. The number of ether oxygens (including phenoxy) is 1. The van der Waals surface area contributed by atoms with Crippen molar-refractivity contribution >= 4 is 34.1 Å². The number of likely N-dealkylation sites (N-methyl/N-ethyl adjacent to an activating group) is 1. The number of fused-ring (bicyclic) bond motifs is 1. The van der Waals surface area contributed by atoms with Gasteiger partial charge < -0.3 is 19.9 Å². The number of carbonyl (C=O) groups excluding carboxylic acids is 2. The molecule has 2 aromatic rings. The Balaban J connectivity index is 1.75. The predicted molar refractivity (Wildman–Crippen MR) is 115 cm³/mol. The van der Waals surface area contributed by atoms with Gasteiger partial charge in [-0.05, 0) is 58.2 Å². The van der Waals surface area contributed by atoms with Crippen LogP contribution in [0.5, 0.6) is 0 Å². The zero-order chi connectivity index (χ0) is 21.0. The highest BCUT2D eigenvalue weighted by Crippen LogP contribution is 2.33. The van der Waals surface area contributed by atoms with E-state index in [2.05, 4.69) is 21.3 Å². The minimum Gasteiger partial charge on any atom is -0.444 e. The molecule has 1 N–H and O–H groups in total. The van der Waals surface area contributed by atoms with Crippen LogP contribution < -0.4 is 10.2 Å². The van der Waals surface area contributed by atoms with Crippen molar-refractivity contribution in [3.63, 3.8) is 0 Å². The monoisotopic (exact) mass is 398 g/mol. The fourth-order valence-corrected chi connectivity index (χ4v) is 3.50. The maximum Gasteiger partial charge on any atom is 0.410 e. The van der Waals surface area contributed by atoms with Crippen LogP contribution >= 0.6 is 0 Å². The summed E-state index contributed by atoms with van der Waals surface area (Å²) in [6.45, 7) is 7.38. The van der Waals surface area contributed by atoms with E-state index in [0.29, 0.717) is 5.69 Å². The lowest BCUT2D eigenvalue weighted by Gasteiger charge is -2.30. The van der Waals surface area contributed by atoms with Gasteiger partial charge in [-0.25, -0.2) is 4.79 Å². The van der Waals surface area contributed by atoms with Gasteiger partial charge >= 0.3 is 6.09 Å².